The van der Waals surface area contributed by atoms with Crippen molar-refractivity contribution in [3.63, 3.8) is 0 Å². The van der Waals surface area contributed by atoms with Crippen LogP contribution in [0.25, 0.3) is 10.8 Å². The first-order valence-electron chi connectivity index (χ1n) is 7.67. The third-order valence-corrected chi connectivity index (χ3v) is 4.04. The van der Waals surface area contributed by atoms with Gasteiger partial charge in [-0.05, 0) is 41.0 Å². The van der Waals surface area contributed by atoms with Gasteiger partial charge in [0.05, 0.1) is 12.5 Å². The molecule has 0 fully saturated rings. The molecule has 116 valence electrons. The number of benzene rings is 3. The number of carbonyl (C=O) groups excluding carboxylic acids is 1. The van der Waals surface area contributed by atoms with Crippen molar-refractivity contribution in [1.82, 2.24) is 0 Å². The molecule has 0 aliphatic heterocycles. The van der Waals surface area contributed by atoms with Crippen LogP contribution in [0, 0.1) is 0 Å². The molecule has 0 heterocycles. The summed E-state index contributed by atoms with van der Waals surface area (Å²) in [4.78, 5) is 12.5. The number of fused-ring (bicyclic) bond motifs is 1. The van der Waals surface area contributed by atoms with Gasteiger partial charge < -0.3 is 10.4 Å². The molecular formula is C20H19NO2. The summed E-state index contributed by atoms with van der Waals surface area (Å²) in [6.45, 7) is 1.86. The Labute approximate surface area is 135 Å². The predicted molar refractivity (Wildman–Crippen MR) is 93.4 cm³/mol. The third-order valence-electron chi connectivity index (χ3n) is 4.04. The quantitative estimate of drug-likeness (QED) is 0.763. The standard InChI is InChI=1S/C20H19NO2/c1-14(17-10-9-16-6-2-3-7-18(16)12-17)20(23)21-19-8-4-5-15(11-19)13-22/h2-12,14,22H,13H2,1H3,(H,21,23). The van der Waals surface area contributed by atoms with E-state index in [2.05, 4.69) is 17.4 Å². The lowest BCUT2D eigenvalue weighted by molar-refractivity contribution is -0.117. The fraction of sp³-hybridized carbons (Fsp3) is 0.150. The lowest BCUT2D eigenvalue weighted by Gasteiger charge is -2.14. The molecule has 23 heavy (non-hydrogen) atoms. The van der Waals surface area contributed by atoms with Gasteiger partial charge in [-0.2, -0.15) is 0 Å². The van der Waals surface area contributed by atoms with Gasteiger partial charge in [0.25, 0.3) is 0 Å². The molecule has 0 bridgehead atoms. The van der Waals surface area contributed by atoms with Gasteiger partial charge in [0.1, 0.15) is 0 Å². The number of rotatable bonds is 4. The highest BCUT2D eigenvalue weighted by molar-refractivity contribution is 5.96. The minimum Gasteiger partial charge on any atom is -0.392 e. The van der Waals surface area contributed by atoms with Crippen LogP contribution in [0.2, 0.25) is 0 Å². The SMILES string of the molecule is CC(C(=O)Nc1cccc(CO)c1)c1ccc2ccccc2c1. The number of anilines is 1. The molecule has 2 N–H and O–H groups in total. The lowest BCUT2D eigenvalue weighted by Crippen LogP contribution is -2.18. The molecule has 1 amide bonds. The molecule has 3 aromatic rings. The molecule has 0 aliphatic carbocycles. The van der Waals surface area contributed by atoms with E-state index in [1.165, 1.54) is 5.39 Å². The van der Waals surface area contributed by atoms with Crippen molar-refractivity contribution in [2.45, 2.75) is 19.4 Å². The zero-order chi connectivity index (χ0) is 16.2. The van der Waals surface area contributed by atoms with E-state index in [9.17, 15) is 9.90 Å². The molecule has 3 rings (SSSR count). The van der Waals surface area contributed by atoms with Crippen LogP contribution in [0.3, 0.4) is 0 Å². The molecule has 0 aliphatic rings. The molecule has 0 aromatic heterocycles. The molecule has 0 saturated heterocycles. The normalized spacial score (nSPS) is 12.1. The van der Waals surface area contributed by atoms with Gasteiger partial charge in [-0.25, -0.2) is 0 Å². The molecule has 3 heteroatoms. The largest absolute Gasteiger partial charge is 0.392 e. The Bertz CT molecular complexity index is 842. The number of amides is 1. The van der Waals surface area contributed by atoms with Crippen LogP contribution in [-0.4, -0.2) is 11.0 Å². The number of aliphatic hydroxyl groups excluding tert-OH is 1. The minimum atomic E-state index is -0.252. The summed E-state index contributed by atoms with van der Waals surface area (Å²) in [7, 11) is 0. The molecule has 1 unspecified atom stereocenters. The highest BCUT2D eigenvalue weighted by Crippen LogP contribution is 2.23. The zero-order valence-corrected chi connectivity index (χ0v) is 13.0. The van der Waals surface area contributed by atoms with Crippen LogP contribution < -0.4 is 5.32 Å². The van der Waals surface area contributed by atoms with E-state index in [-0.39, 0.29) is 18.4 Å². The maximum absolute atomic E-state index is 12.5. The average molecular weight is 305 g/mol. The Morgan fingerprint density at radius 1 is 1.00 bits per heavy atom. The minimum absolute atomic E-state index is 0.0378. The van der Waals surface area contributed by atoms with E-state index >= 15 is 0 Å². The van der Waals surface area contributed by atoms with E-state index in [4.69, 9.17) is 0 Å². The average Bonchev–Trinajstić information content (AvgIpc) is 2.60. The summed E-state index contributed by atoms with van der Waals surface area (Å²) >= 11 is 0. The van der Waals surface area contributed by atoms with Gasteiger partial charge in [0.2, 0.25) is 5.91 Å². The smallest absolute Gasteiger partial charge is 0.231 e. The van der Waals surface area contributed by atoms with Gasteiger partial charge in [0, 0.05) is 5.69 Å². The number of nitrogens with one attached hydrogen (secondary N) is 1. The van der Waals surface area contributed by atoms with Crippen molar-refractivity contribution in [1.29, 1.82) is 0 Å². The first-order valence-corrected chi connectivity index (χ1v) is 7.67. The second-order valence-electron chi connectivity index (χ2n) is 5.68. The van der Waals surface area contributed by atoms with Crippen LogP contribution >= 0.6 is 0 Å². The highest BCUT2D eigenvalue weighted by atomic mass is 16.3. The number of hydrogen-bond acceptors (Lipinski definition) is 2. The summed E-state index contributed by atoms with van der Waals surface area (Å²) in [5, 5.41) is 14.4. The number of hydrogen-bond donors (Lipinski definition) is 2. The second kappa shape index (κ2) is 6.63. The summed E-state index contributed by atoms with van der Waals surface area (Å²) < 4.78 is 0. The maximum Gasteiger partial charge on any atom is 0.231 e. The summed E-state index contributed by atoms with van der Waals surface area (Å²) in [6, 6.07) is 21.5. The molecule has 3 nitrogen and oxygen atoms in total. The molecule has 0 spiro atoms. The van der Waals surface area contributed by atoms with E-state index in [1.54, 1.807) is 6.07 Å². The van der Waals surface area contributed by atoms with Crippen molar-refractivity contribution in [3.05, 3.63) is 77.9 Å². The fourth-order valence-corrected chi connectivity index (χ4v) is 2.63. The monoisotopic (exact) mass is 305 g/mol. The van der Waals surface area contributed by atoms with Gasteiger partial charge in [-0.3, -0.25) is 4.79 Å². The van der Waals surface area contributed by atoms with E-state index < -0.39 is 0 Å². The van der Waals surface area contributed by atoms with Crippen LogP contribution in [0.15, 0.2) is 66.7 Å². The Hall–Kier alpha value is -2.65. The Morgan fingerprint density at radius 2 is 1.78 bits per heavy atom. The van der Waals surface area contributed by atoms with Crippen LogP contribution in [-0.2, 0) is 11.4 Å². The fourth-order valence-electron chi connectivity index (χ4n) is 2.63. The van der Waals surface area contributed by atoms with Crippen molar-refractivity contribution in [2.75, 3.05) is 5.32 Å². The van der Waals surface area contributed by atoms with Gasteiger partial charge >= 0.3 is 0 Å². The molecule has 0 radical (unpaired) electrons. The van der Waals surface area contributed by atoms with Crippen LogP contribution in [0.4, 0.5) is 5.69 Å². The number of carbonyl (C=O) groups is 1. The zero-order valence-electron chi connectivity index (χ0n) is 13.0. The molecule has 1 atom stereocenters. The van der Waals surface area contributed by atoms with Gasteiger partial charge in [0.15, 0.2) is 0 Å². The van der Waals surface area contributed by atoms with Gasteiger partial charge in [-0.1, -0.05) is 54.6 Å². The highest BCUT2D eigenvalue weighted by Gasteiger charge is 2.15. The van der Waals surface area contributed by atoms with Crippen LogP contribution in [0.1, 0.15) is 24.0 Å². The Kier molecular flexibility index (Phi) is 4.40. The first kappa shape index (κ1) is 15.3. The summed E-state index contributed by atoms with van der Waals surface area (Å²) in [5.74, 6) is -0.312. The first-order chi connectivity index (χ1) is 11.2. The summed E-state index contributed by atoms with van der Waals surface area (Å²) in [5.41, 5.74) is 2.47. The lowest BCUT2D eigenvalue weighted by atomic mass is 9.97. The predicted octanol–water partition coefficient (Wildman–Crippen LogP) is 4.07. The number of aliphatic hydroxyl groups is 1. The molecule has 3 aromatic carbocycles. The van der Waals surface area contributed by atoms with Crippen molar-refractivity contribution in [3.8, 4) is 0 Å². The molecular weight excluding hydrogens is 286 g/mol. The van der Waals surface area contributed by atoms with E-state index in [0.29, 0.717) is 5.69 Å². The topological polar surface area (TPSA) is 49.3 Å². The summed E-state index contributed by atoms with van der Waals surface area (Å²) in [6.07, 6.45) is 0. The van der Waals surface area contributed by atoms with E-state index in [0.717, 1.165) is 16.5 Å². The van der Waals surface area contributed by atoms with Crippen molar-refractivity contribution < 1.29 is 9.90 Å². The van der Waals surface area contributed by atoms with Crippen LogP contribution in [0.5, 0.6) is 0 Å². The van der Waals surface area contributed by atoms with Crippen molar-refractivity contribution >= 4 is 22.4 Å². The Morgan fingerprint density at radius 3 is 2.57 bits per heavy atom. The molecule has 0 saturated carbocycles. The van der Waals surface area contributed by atoms with E-state index in [1.807, 2.05) is 55.5 Å². The second-order valence-corrected chi connectivity index (χ2v) is 5.68. The van der Waals surface area contributed by atoms with Gasteiger partial charge in [-0.15, -0.1) is 0 Å². The maximum atomic E-state index is 12.5. The Balaban J connectivity index is 1.80. The van der Waals surface area contributed by atoms with Crippen molar-refractivity contribution in [2.24, 2.45) is 0 Å². The third kappa shape index (κ3) is 3.41.